The van der Waals surface area contributed by atoms with Crippen molar-refractivity contribution >= 4 is 58.5 Å². The van der Waals surface area contributed by atoms with Crippen LogP contribution in [-0.4, -0.2) is 9.52 Å². The van der Waals surface area contributed by atoms with Crippen LogP contribution in [0.25, 0.3) is 99.4 Å². The van der Waals surface area contributed by atoms with Crippen LogP contribution in [0.2, 0.25) is 0 Å². The molecule has 0 spiro atoms. The molecule has 2 radical (unpaired) electrons. The van der Waals surface area contributed by atoms with Crippen LogP contribution in [0.3, 0.4) is 0 Å². The second kappa shape index (κ2) is 23.1. The third-order valence-electron chi connectivity index (χ3n) is 13.3. The molecule has 72 heavy (non-hydrogen) atoms. The van der Waals surface area contributed by atoms with Crippen LogP contribution in [-0.2, 0) is 20.8 Å². The third kappa shape index (κ3) is 10.7. The van der Waals surface area contributed by atoms with Crippen molar-refractivity contribution in [2.24, 2.45) is 0 Å². The van der Waals surface area contributed by atoms with Crippen LogP contribution in [0.4, 0.5) is 0 Å². The molecule has 0 nitrogen and oxygen atoms in total. The van der Waals surface area contributed by atoms with Gasteiger partial charge in [-0.05, 0) is 58.4 Å². The third-order valence-corrected chi connectivity index (χ3v) is 14.7. The molecule has 12 aromatic carbocycles. The number of hydrogen-bond acceptors (Lipinski definition) is 0. The van der Waals surface area contributed by atoms with Crippen LogP contribution in [0.1, 0.15) is 11.1 Å². The van der Waals surface area contributed by atoms with Gasteiger partial charge in [-0.2, -0.15) is 29.5 Å². The summed E-state index contributed by atoms with van der Waals surface area (Å²) in [5.74, 6) is 0. The Morgan fingerprint density at radius 3 is 1.18 bits per heavy atom. The molecule has 0 atom stereocenters. The first-order valence-corrected chi connectivity index (χ1v) is 31.5. The van der Waals surface area contributed by atoms with Gasteiger partial charge in [0.15, 0.2) is 0 Å². The monoisotopic (exact) mass is 1050 g/mol. The van der Waals surface area contributed by atoms with E-state index in [0.29, 0.717) is 0 Å². The molecule has 0 N–H and O–H groups in total. The second-order valence-corrected chi connectivity index (χ2v) is 22.8. The fraction of sp³-hybridized carbons (Fsp3) is 0.0294. The zero-order valence-electron chi connectivity index (χ0n) is 40.1. The zero-order chi connectivity index (χ0) is 49.2. The summed E-state index contributed by atoms with van der Waals surface area (Å²) in [6, 6.07) is 96.5. The molecule has 0 bridgehead atoms. The van der Waals surface area contributed by atoms with Gasteiger partial charge in [-0.15, -0.1) is 74.6 Å². The summed E-state index contributed by atoms with van der Waals surface area (Å²) < 4.78 is 0. The van der Waals surface area contributed by atoms with Crippen LogP contribution in [0.15, 0.2) is 261 Å². The number of rotatable bonds is 6. The van der Waals surface area contributed by atoms with Crippen LogP contribution in [0, 0.1) is 19.9 Å². The minimum atomic E-state index is -0.826. The largest absolute Gasteiger partial charge is 0.184 e. The molecular weight excluding hydrogens is 1010 g/mol. The fourth-order valence-corrected chi connectivity index (χ4v) is 11.3. The molecule has 1 aliphatic heterocycles. The summed E-state index contributed by atoms with van der Waals surface area (Å²) in [6.45, 7) is 4.43. The maximum atomic E-state index is 4.93. The molecular formula is C68H49Cl2SiZr-3. The van der Waals surface area contributed by atoms with Crippen molar-refractivity contribution in [3.63, 3.8) is 0 Å². The van der Waals surface area contributed by atoms with Gasteiger partial charge < -0.3 is 0 Å². The van der Waals surface area contributed by atoms with Gasteiger partial charge in [0.05, 0.1) is 9.52 Å². The Hall–Kier alpha value is -6.90. The van der Waals surface area contributed by atoms with E-state index in [9.17, 15) is 0 Å². The Labute approximate surface area is 445 Å². The number of halogens is 2. The van der Waals surface area contributed by atoms with Crippen molar-refractivity contribution in [1.29, 1.82) is 0 Å². The van der Waals surface area contributed by atoms with Crippen LogP contribution in [0.5, 0.6) is 0 Å². The molecule has 12 aromatic rings. The summed E-state index contributed by atoms with van der Waals surface area (Å²) in [6.07, 6.45) is 0. The van der Waals surface area contributed by atoms with Crippen molar-refractivity contribution in [3.8, 4) is 77.9 Å². The summed E-state index contributed by atoms with van der Waals surface area (Å²) in [7, 11) is 10.7. The predicted molar refractivity (Wildman–Crippen MR) is 309 cm³/mol. The van der Waals surface area contributed by atoms with Crippen molar-refractivity contribution in [2.75, 3.05) is 0 Å². The van der Waals surface area contributed by atoms with E-state index >= 15 is 0 Å². The summed E-state index contributed by atoms with van der Waals surface area (Å²) in [4.78, 5) is 0. The Kier molecular flexibility index (Phi) is 15.6. The van der Waals surface area contributed by atoms with E-state index in [4.69, 9.17) is 17.0 Å². The van der Waals surface area contributed by atoms with Gasteiger partial charge in [-0.25, -0.2) is 0 Å². The van der Waals surface area contributed by atoms with Gasteiger partial charge >= 0.3 is 37.9 Å². The first kappa shape index (κ1) is 48.7. The molecule has 1 heterocycles. The summed E-state index contributed by atoms with van der Waals surface area (Å²) >= 11 is -0.826. The molecule has 0 fully saturated rings. The average molecular weight is 1060 g/mol. The smallest absolute Gasteiger partial charge is 0.0920 e. The predicted octanol–water partition coefficient (Wildman–Crippen LogP) is 18.2. The molecule has 0 aromatic heterocycles. The number of hydrogen-bond donors (Lipinski definition) is 0. The van der Waals surface area contributed by atoms with E-state index in [2.05, 4.69) is 275 Å². The maximum Gasteiger partial charge on any atom is 0.0920 e. The zero-order valence-corrected chi connectivity index (χ0v) is 45.1. The Bertz CT molecular complexity index is 3480. The topological polar surface area (TPSA) is 0 Å². The van der Waals surface area contributed by atoms with E-state index in [0.717, 1.165) is 9.52 Å². The SMILES string of the molecule is Cc1ccc2[cH-]c(-c3ccccc3)cc2c1-c1ccccc1-c1ccccc1.Cc1ccc2[cH-]c(-c3ccccc3)cc2c1-c1ccccc1-c1ccccc1.[Cl][Zr][Cl].[c-]1cccc2c1[Si]c1ccccc1-2. The van der Waals surface area contributed by atoms with Crippen molar-refractivity contribution < 1.29 is 20.8 Å². The van der Waals surface area contributed by atoms with Gasteiger partial charge in [0, 0.05) is 0 Å². The van der Waals surface area contributed by atoms with Gasteiger partial charge in [0.1, 0.15) is 0 Å². The van der Waals surface area contributed by atoms with Crippen molar-refractivity contribution in [1.82, 2.24) is 0 Å². The quantitative estimate of drug-likeness (QED) is 0.115. The average Bonchev–Trinajstić information content (AvgIpc) is 4.19. The van der Waals surface area contributed by atoms with Gasteiger partial charge in [0.25, 0.3) is 0 Å². The van der Waals surface area contributed by atoms with E-state index < -0.39 is 20.8 Å². The Balaban J connectivity index is 0.000000128. The van der Waals surface area contributed by atoms with Crippen molar-refractivity contribution in [3.05, 3.63) is 278 Å². The minimum Gasteiger partial charge on any atom is -0.184 e. The Morgan fingerprint density at radius 1 is 0.375 bits per heavy atom. The molecule has 13 rings (SSSR count). The van der Waals surface area contributed by atoms with Gasteiger partial charge in [-0.1, -0.05) is 239 Å². The van der Waals surface area contributed by atoms with E-state index in [1.807, 2.05) is 6.07 Å². The first-order chi connectivity index (χ1) is 35.5. The van der Waals surface area contributed by atoms with Gasteiger partial charge in [0.2, 0.25) is 0 Å². The maximum absolute atomic E-state index is 4.93. The van der Waals surface area contributed by atoms with Crippen molar-refractivity contribution in [2.45, 2.75) is 13.8 Å². The molecule has 0 saturated carbocycles. The summed E-state index contributed by atoms with van der Waals surface area (Å²) in [5.41, 5.74) is 20.8. The van der Waals surface area contributed by atoms with Crippen LogP contribution < -0.4 is 10.4 Å². The molecule has 0 unspecified atom stereocenters. The molecule has 4 heteroatoms. The Morgan fingerprint density at radius 2 is 0.736 bits per heavy atom. The normalized spacial score (nSPS) is 11.0. The number of aryl methyl sites for hydroxylation is 2. The fourth-order valence-electron chi connectivity index (χ4n) is 9.96. The first-order valence-electron chi connectivity index (χ1n) is 24.1. The molecule has 0 aliphatic carbocycles. The van der Waals surface area contributed by atoms with E-state index in [1.165, 1.54) is 121 Å². The molecule has 1 aliphatic rings. The van der Waals surface area contributed by atoms with Crippen LogP contribution >= 0.6 is 17.0 Å². The molecule has 346 valence electrons. The van der Waals surface area contributed by atoms with E-state index in [-0.39, 0.29) is 0 Å². The van der Waals surface area contributed by atoms with E-state index in [1.54, 1.807) is 0 Å². The second-order valence-electron chi connectivity index (χ2n) is 17.8. The molecule has 0 amide bonds. The number of benzene rings is 10. The minimum absolute atomic E-state index is 0.795. The standard InChI is InChI=1S/2C28H21.C12H7Si.2ClH.Zr/c2*1-20-16-17-23-18-24(21-10-4-2-5-11-21)19-27(23)28(20)26-15-9-8-14-25(26)22-12-6-3-7-13-22;1-3-7-11-9(5-1)10-6-2-4-8-12(10)13-11;;;/h2*2-19H,1H3;1-7H;2*1H;/q3*-1;;;+2/p-2. The summed E-state index contributed by atoms with van der Waals surface area (Å²) in [5, 5.41) is 8.05. The van der Waals surface area contributed by atoms with Gasteiger partial charge in [-0.3, -0.25) is 0 Å². The number of fused-ring (bicyclic) bond motifs is 5. The molecule has 0 saturated heterocycles.